The fourth-order valence-corrected chi connectivity index (χ4v) is 2.44. The molecule has 0 atom stereocenters. The van der Waals surface area contributed by atoms with Crippen molar-refractivity contribution in [2.45, 2.75) is 25.7 Å². The Labute approximate surface area is 112 Å². The fourth-order valence-electron chi connectivity index (χ4n) is 2.44. The smallest absolute Gasteiger partial charge is 0.151 e. The van der Waals surface area contributed by atoms with Gasteiger partial charge in [-0.05, 0) is 32.0 Å². The van der Waals surface area contributed by atoms with Gasteiger partial charge < -0.3 is 16.0 Å². The number of rotatable bonds is 4. The molecule has 106 valence electrons. The fraction of sp³-hybridized carbons (Fsp3) is 0.571. The summed E-state index contributed by atoms with van der Waals surface area (Å²) in [5.41, 5.74) is 5.90. The second kappa shape index (κ2) is 6.70. The van der Waals surface area contributed by atoms with Gasteiger partial charge in [0.05, 0.1) is 11.4 Å². The van der Waals surface area contributed by atoms with Crippen molar-refractivity contribution < 1.29 is 8.78 Å². The third-order valence-electron chi connectivity index (χ3n) is 3.54. The van der Waals surface area contributed by atoms with Crippen molar-refractivity contribution in [3.05, 3.63) is 23.8 Å². The molecule has 0 aliphatic carbocycles. The molecular weight excluding hydrogens is 248 g/mol. The minimum absolute atomic E-state index is 0.0164. The van der Waals surface area contributed by atoms with Gasteiger partial charge in [0.25, 0.3) is 0 Å². The summed E-state index contributed by atoms with van der Waals surface area (Å²) < 4.78 is 26.4. The van der Waals surface area contributed by atoms with Crippen LogP contribution in [-0.4, -0.2) is 31.1 Å². The molecule has 3 N–H and O–H groups in total. The zero-order valence-electron chi connectivity index (χ0n) is 11.1. The Bertz CT molecular complexity index is 415. The number of benzene rings is 1. The van der Waals surface area contributed by atoms with E-state index in [-0.39, 0.29) is 5.69 Å². The lowest BCUT2D eigenvalue weighted by atomic mass is 10.2. The van der Waals surface area contributed by atoms with Crippen LogP contribution in [0.2, 0.25) is 0 Å². The van der Waals surface area contributed by atoms with Crippen LogP contribution in [0.3, 0.4) is 0 Å². The highest BCUT2D eigenvalue weighted by Gasteiger charge is 2.10. The van der Waals surface area contributed by atoms with E-state index >= 15 is 0 Å². The first kappa shape index (κ1) is 14.1. The van der Waals surface area contributed by atoms with Crippen molar-refractivity contribution in [2.24, 2.45) is 0 Å². The molecule has 0 amide bonds. The second-order valence-corrected chi connectivity index (χ2v) is 5.03. The van der Waals surface area contributed by atoms with E-state index in [9.17, 15) is 8.78 Å². The minimum Gasteiger partial charge on any atom is -0.395 e. The highest BCUT2D eigenvalue weighted by atomic mass is 19.1. The molecule has 3 nitrogen and oxygen atoms in total. The van der Waals surface area contributed by atoms with Crippen LogP contribution in [0.15, 0.2) is 12.1 Å². The largest absolute Gasteiger partial charge is 0.395 e. The number of hydrogen-bond acceptors (Lipinski definition) is 3. The van der Waals surface area contributed by atoms with Crippen molar-refractivity contribution >= 4 is 11.4 Å². The normalized spacial score (nSPS) is 17.2. The Balaban J connectivity index is 1.85. The van der Waals surface area contributed by atoms with Gasteiger partial charge in [-0.1, -0.05) is 12.8 Å². The summed E-state index contributed by atoms with van der Waals surface area (Å²) in [6.45, 7) is 3.73. The molecule has 0 aromatic heterocycles. The quantitative estimate of drug-likeness (QED) is 0.826. The van der Waals surface area contributed by atoms with Crippen LogP contribution in [0.1, 0.15) is 25.7 Å². The highest BCUT2D eigenvalue weighted by molar-refractivity contribution is 5.66. The van der Waals surface area contributed by atoms with E-state index in [4.69, 9.17) is 5.73 Å². The van der Waals surface area contributed by atoms with Crippen molar-refractivity contribution in [2.75, 3.05) is 37.2 Å². The number of halogens is 2. The molecule has 19 heavy (non-hydrogen) atoms. The van der Waals surface area contributed by atoms with E-state index in [0.717, 1.165) is 25.7 Å². The molecule has 1 aromatic carbocycles. The van der Waals surface area contributed by atoms with Gasteiger partial charge in [0, 0.05) is 19.2 Å². The Morgan fingerprint density at radius 1 is 1.11 bits per heavy atom. The summed E-state index contributed by atoms with van der Waals surface area (Å²) in [4.78, 5) is 2.38. The summed E-state index contributed by atoms with van der Waals surface area (Å²) in [5, 5.41) is 3.02. The van der Waals surface area contributed by atoms with E-state index in [1.165, 1.54) is 31.7 Å². The molecule has 1 fully saturated rings. The molecule has 1 saturated heterocycles. The third-order valence-corrected chi connectivity index (χ3v) is 3.54. The van der Waals surface area contributed by atoms with Gasteiger partial charge in [0.1, 0.15) is 5.82 Å². The first-order chi connectivity index (χ1) is 9.16. The number of likely N-dealkylation sites (tertiary alicyclic amines) is 1. The number of anilines is 2. The standard InChI is InChI=1S/C14H21F2N3/c15-11-9-12(16)14(17)13(10-11)18-5-8-19-6-3-1-2-4-7-19/h9-10,18H,1-8,17H2. The van der Waals surface area contributed by atoms with Crippen molar-refractivity contribution in [1.29, 1.82) is 0 Å². The molecule has 0 unspecified atom stereocenters. The molecule has 5 heteroatoms. The number of nitrogens with zero attached hydrogens (tertiary/aromatic N) is 1. The van der Waals surface area contributed by atoms with Gasteiger partial charge in [-0.2, -0.15) is 0 Å². The van der Waals surface area contributed by atoms with Crippen LogP contribution >= 0.6 is 0 Å². The molecule has 1 aliphatic rings. The Kier molecular flexibility index (Phi) is 4.96. The van der Waals surface area contributed by atoms with Crippen molar-refractivity contribution in [3.8, 4) is 0 Å². The number of nitrogens with one attached hydrogen (secondary N) is 1. The zero-order valence-corrected chi connectivity index (χ0v) is 11.1. The predicted molar refractivity (Wildman–Crippen MR) is 74.2 cm³/mol. The lowest BCUT2D eigenvalue weighted by Gasteiger charge is -2.20. The summed E-state index contributed by atoms with van der Waals surface area (Å²) in [6, 6.07) is 2.04. The first-order valence-electron chi connectivity index (χ1n) is 6.87. The minimum atomic E-state index is -0.711. The number of hydrogen-bond donors (Lipinski definition) is 2. The molecule has 0 radical (unpaired) electrons. The summed E-state index contributed by atoms with van der Waals surface area (Å²) >= 11 is 0. The highest BCUT2D eigenvalue weighted by Crippen LogP contribution is 2.23. The Hall–Kier alpha value is -1.36. The summed E-state index contributed by atoms with van der Waals surface area (Å²) in [6.07, 6.45) is 5.06. The van der Waals surface area contributed by atoms with E-state index < -0.39 is 11.6 Å². The van der Waals surface area contributed by atoms with Gasteiger partial charge in [-0.25, -0.2) is 8.78 Å². The van der Waals surface area contributed by atoms with E-state index in [0.29, 0.717) is 12.2 Å². The predicted octanol–water partition coefficient (Wildman–Crippen LogP) is 2.83. The van der Waals surface area contributed by atoms with E-state index in [1.54, 1.807) is 0 Å². The average Bonchev–Trinajstić information content (AvgIpc) is 2.64. The van der Waals surface area contributed by atoms with Crippen molar-refractivity contribution in [1.82, 2.24) is 4.90 Å². The molecule has 0 spiro atoms. The summed E-state index contributed by atoms with van der Waals surface area (Å²) in [7, 11) is 0. The van der Waals surface area contributed by atoms with Crippen LogP contribution in [-0.2, 0) is 0 Å². The zero-order chi connectivity index (χ0) is 13.7. The van der Waals surface area contributed by atoms with E-state index in [2.05, 4.69) is 10.2 Å². The van der Waals surface area contributed by atoms with Gasteiger partial charge >= 0.3 is 0 Å². The maximum Gasteiger partial charge on any atom is 0.151 e. The lowest BCUT2D eigenvalue weighted by molar-refractivity contribution is 0.296. The molecule has 0 saturated carbocycles. The van der Waals surface area contributed by atoms with Crippen LogP contribution in [0, 0.1) is 11.6 Å². The molecule has 1 aromatic rings. The molecule has 2 rings (SSSR count). The first-order valence-corrected chi connectivity index (χ1v) is 6.87. The molecular formula is C14H21F2N3. The number of nitrogens with two attached hydrogens (primary N) is 1. The van der Waals surface area contributed by atoms with Gasteiger partial charge in [-0.15, -0.1) is 0 Å². The van der Waals surface area contributed by atoms with Crippen LogP contribution < -0.4 is 11.1 Å². The second-order valence-electron chi connectivity index (χ2n) is 5.03. The van der Waals surface area contributed by atoms with Crippen LogP contribution in [0.4, 0.5) is 20.2 Å². The molecule has 0 bridgehead atoms. The monoisotopic (exact) mass is 269 g/mol. The van der Waals surface area contributed by atoms with Gasteiger partial charge in [0.2, 0.25) is 0 Å². The third kappa shape index (κ3) is 4.06. The Morgan fingerprint density at radius 3 is 2.47 bits per heavy atom. The Morgan fingerprint density at radius 2 is 1.79 bits per heavy atom. The molecule has 1 heterocycles. The van der Waals surface area contributed by atoms with Crippen LogP contribution in [0.5, 0.6) is 0 Å². The maximum atomic E-state index is 13.3. The van der Waals surface area contributed by atoms with Crippen LogP contribution in [0.25, 0.3) is 0 Å². The maximum absolute atomic E-state index is 13.3. The van der Waals surface area contributed by atoms with Gasteiger partial charge in [-0.3, -0.25) is 0 Å². The van der Waals surface area contributed by atoms with Gasteiger partial charge in [0.15, 0.2) is 5.82 Å². The number of nitrogen functional groups attached to an aromatic ring is 1. The SMILES string of the molecule is Nc1c(F)cc(F)cc1NCCN1CCCCCC1. The summed E-state index contributed by atoms with van der Waals surface area (Å²) in [5.74, 6) is -1.32. The molecule has 1 aliphatic heterocycles. The lowest BCUT2D eigenvalue weighted by Crippen LogP contribution is -2.30. The van der Waals surface area contributed by atoms with E-state index in [1.807, 2.05) is 0 Å². The topological polar surface area (TPSA) is 41.3 Å². The van der Waals surface area contributed by atoms with Crippen molar-refractivity contribution in [3.63, 3.8) is 0 Å². The average molecular weight is 269 g/mol.